The molecule has 1 rings (SSSR count). The molecule has 0 aromatic rings. The highest BCUT2D eigenvalue weighted by Gasteiger charge is 2.28. The van der Waals surface area contributed by atoms with Crippen LogP contribution in [0.25, 0.3) is 0 Å². The van der Waals surface area contributed by atoms with Gasteiger partial charge in [0.1, 0.15) is 0 Å². The summed E-state index contributed by atoms with van der Waals surface area (Å²) in [6.45, 7) is 8.18. The van der Waals surface area contributed by atoms with E-state index in [1.807, 2.05) is 0 Å². The van der Waals surface area contributed by atoms with E-state index in [1.165, 1.54) is 19.4 Å². The van der Waals surface area contributed by atoms with Crippen molar-refractivity contribution < 1.29 is 0 Å². The third-order valence-corrected chi connectivity index (χ3v) is 3.48. The lowest BCUT2D eigenvalue weighted by Crippen LogP contribution is -2.41. The Kier molecular flexibility index (Phi) is 4.63. The van der Waals surface area contributed by atoms with Gasteiger partial charge in [-0.1, -0.05) is 19.8 Å². The lowest BCUT2D eigenvalue weighted by molar-refractivity contribution is 0.174. The number of nitrogens with zero attached hydrogens (tertiary/aromatic N) is 1. The van der Waals surface area contributed by atoms with Crippen molar-refractivity contribution in [1.29, 1.82) is 0 Å². The van der Waals surface area contributed by atoms with Crippen LogP contribution in [0.2, 0.25) is 0 Å². The highest BCUT2D eigenvalue weighted by molar-refractivity contribution is 4.92. The molecule has 0 bridgehead atoms. The van der Waals surface area contributed by atoms with E-state index in [1.54, 1.807) is 0 Å². The van der Waals surface area contributed by atoms with Gasteiger partial charge in [0.2, 0.25) is 0 Å². The Hall–Kier alpha value is -0.520. The first-order valence-electron chi connectivity index (χ1n) is 5.99. The quantitative estimate of drug-likeness (QED) is 0.645. The lowest BCUT2D eigenvalue weighted by Gasteiger charge is -2.33. The van der Waals surface area contributed by atoms with E-state index in [9.17, 15) is 0 Å². The van der Waals surface area contributed by atoms with E-state index in [4.69, 9.17) is 12.2 Å². The van der Waals surface area contributed by atoms with Crippen molar-refractivity contribution in [2.24, 2.45) is 17.1 Å². The fourth-order valence-electron chi connectivity index (χ4n) is 1.84. The zero-order chi connectivity index (χ0) is 11.3. The van der Waals surface area contributed by atoms with Gasteiger partial charge in [-0.25, -0.2) is 0 Å². The van der Waals surface area contributed by atoms with Gasteiger partial charge in [-0.05, 0) is 37.1 Å². The Balaban J connectivity index is 2.44. The summed E-state index contributed by atoms with van der Waals surface area (Å²) < 4.78 is 0. The molecule has 0 radical (unpaired) electrons. The molecule has 0 heterocycles. The zero-order valence-electron chi connectivity index (χ0n) is 10.1. The minimum atomic E-state index is 0.228. The molecule has 1 atom stereocenters. The van der Waals surface area contributed by atoms with E-state index in [-0.39, 0.29) is 5.41 Å². The SMILES string of the molecule is C#CCN(CC1CC1)CC(C)(CC)CN. The summed E-state index contributed by atoms with van der Waals surface area (Å²) in [6, 6.07) is 0. The van der Waals surface area contributed by atoms with Crippen LogP contribution in [0.4, 0.5) is 0 Å². The van der Waals surface area contributed by atoms with Crippen molar-refractivity contribution in [2.45, 2.75) is 33.1 Å². The van der Waals surface area contributed by atoms with Crippen molar-refractivity contribution in [2.75, 3.05) is 26.2 Å². The Bertz CT molecular complexity index is 221. The van der Waals surface area contributed by atoms with Gasteiger partial charge in [-0.3, -0.25) is 4.90 Å². The first-order chi connectivity index (χ1) is 7.13. The predicted octanol–water partition coefficient (Wildman–Crippen LogP) is 1.71. The minimum Gasteiger partial charge on any atom is -0.330 e. The molecular formula is C13H24N2. The van der Waals surface area contributed by atoms with Crippen LogP contribution in [0.15, 0.2) is 0 Å². The number of hydrogen-bond donors (Lipinski definition) is 1. The summed E-state index contributed by atoms with van der Waals surface area (Å²) >= 11 is 0. The van der Waals surface area contributed by atoms with Crippen LogP contribution in [-0.4, -0.2) is 31.1 Å². The van der Waals surface area contributed by atoms with Gasteiger partial charge in [-0.15, -0.1) is 6.42 Å². The van der Waals surface area contributed by atoms with Crippen LogP contribution < -0.4 is 5.73 Å². The summed E-state index contributed by atoms with van der Waals surface area (Å²) in [5.41, 5.74) is 6.06. The van der Waals surface area contributed by atoms with Crippen molar-refractivity contribution in [3.63, 3.8) is 0 Å². The van der Waals surface area contributed by atoms with E-state index in [0.717, 1.165) is 32.0 Å². The van der Waals surface area contributed by atoms with Crippen LogP contribution in [0.5, 0.6) is 0 Å². The maximum atomic E-state index is 5.83. The second-order valence-corrected chi connectivity index (χ2v) is 5.19. The molecule has 0 aromatic heterocycles. The Labute approximate surface area is 94.2 Å². The number of hydrogen-bond acceptors (Lipinski definition) is 2. The first kappa shape index (κ1) is 12.5. The van der Waals surface area contributed by atoms with Gasteiger partial charge >= 0.3 is 0 Å². The monoisotopic (exact) mass is 208 g/mol. The van der Waals surface area contributed by atoms with E-state index >= 15 is 0 Å². The second-order valence-electron chi connectivity index (χ2n) is 5.19. The van der Waals surface area contributed by atoms with Gasteiger partial charge in [-0.2, -0.15) is 0 Å². The third-order valence-electron chi connectivity index (χ3n) is 3.48. The topological polar surface area (TPSA) is 29.3 Å². The molecule has 0 aromatic carbocycles. The molecule has 1 aliphatic rings. The standard InChI is InChI=1S/C13H24N2/c1-4-8-15(9-12-6-7-12)11-13(3,5-2)10-14/h1,12H,5-11,14H2,2-3H3. The summed E-state index contributed by atoms with van der Waals surface area (Å²) in [4.78, 5) is 2.40. The molecule has 15 heavy (non-hydrogen) atoms. The normalized spacial score (nSPS) is 19.9. The fraction of sp³-hybridized carbons (Fsp3) is 0.846. The molecule has 2 nitrogen and oxygen atoms in total. The van der Waals surface area contributed by atoms with Crippen molar-refractivity contribution >= 4 is 0 Å². The maximum absolute atomic E-state index is 5.83. The van der Waals surface area contributed by atoms with Crippen LogP contribution in [0, 0.1) is 23.7 Å². The molecule has 86 valence electrons. The van der Waals surface area contributed by atoms with Gasteiger partial charge in [0.25, 0.3) is 0 Å². The second kappa shape index (κ2) is 5.53. The highest BCUT2D eigenvalue weighted by atomic mass is 15.1. The van der Waals surface area contributed by atoms with E-state index < -0.39 is 0 Å². The Morgan fingerprint density at radius 2 is 2.20 bits per heavy atom. The number of nitrogens with two attached hydrogens (primary N) is 1. The summed E-state index contributed by atoms with van der Waals surface area (Å²) in [7, 11) is 0. The molecular weight excluding hydrogens is 184 g/mol. The average molecular weight is 208 g/mol. The summed E-state index contributed by atoms with van der Waals surface area (Å²) in [5, 5.41) is 0. The molecule has 1 aliphatic carbocycles. The lowest BCUT2D eigenvalue weighted by atomic mass is 9.87. The average Bonchev–Trinajstić information content (AvgIpc) is 3.02. The van der Waals surface area contributed by atoms with Gasteiger partial charge in [0.15, 0.2) is 0 Å². The molecule has 1 unspecified atom stereocenters. The summed E-state index contributed by atoms with van der Waals surface area (Å²) in [5.74, 6) is 3.66. The van der Waals surface area contributed by atoms with Crippen LogP contribution in [-0.2, 0) is 0 Å². The van der Waals surface area contributed by atoms with Crippen LogP contribution in [0.1, 0.15) is 33.1 Å². The molecule has 2 N–H and O–H groups in total. The van der Waals surface area contributed by atoms with E-state index in [2.05, 4.69) is 24.7 Å². The first-order valence-corrected chi connectivity index (χ1v) is 5.99. The van der Waals surface area contributed by atoms with Crippen LogP contribution >= 0.6 is 0 Å². The van der Waals surface area contributed by atoms with Crippen LogP contribution in [0.3, 0.4) is 0 Å². The van der Waals surface area contributed by atoms with Crippen molar-refractivity contribution in [3.8, 4) is 12.3 Å². The van der Waals surface area contributed by atoms with Crippen molar-refractivity contribution in [1.82, 2.24) is 4.90 Å². The van der Waals surface area contributed by atoms with Crippen molar-refractivity contribution in [3.05, 3.63) is 0 Å². The van der Waals surface area contributed by atoms with Gasteiger partial charge < -0.3 is 5.73 Å². The Morgan fingerprint density at radius 3 is 2.60 bits per heavy atom. The Morgan fingerprint density at radius 1 is 1.53 bits per heavy atom. The zero-order valence-corrected chi connectivity index (χ0v) is 10.1. The highest BCUT2D eigenvalue weighted by Crippen LogP contribution is 2.31. The minimum absolute atomic E-state index is 0.228. The third kappa shape index (κ3) is 4.24. The van der Waals surface area contributed by atoms with Gasteiger partial charge in [0, 0.05) is 13.1 Å². The molecule has 2 heteroatoms. The molecule has 0 spiro atoms. The molecule has 1 fully saturated rings. The largest absolute Gasteiger partial charge is 0.330 e. The molecule has 0 saturated heterocycles. The number of terminal acetylenes is 1. The molecule has 1 saturated carbocycles. The predicted molar refractivity (Wildman–Crippen MR) is 65.4 cm³/mol. The molecule has 0 amide bonds. The summed E-state index contributed by atoms with van der Waals surface area (Å²) in [6.07, 6.45) is 9.29. The fourth-order valence-corrected chi connectivity index (χ4v) is 1.84. The van der Waals surface area contributed by atoms with E-state index in [0.29, 0.717) is 0 Å². The van der Waals surface area contributed by atoms with Gasteiger partial charge in [0.05, 0.1) is 6.54 Å². The maximum Gasteiger partial charge on any atom is 0.0599 e. The number of rotatable bonds is 7. The smallest absolute Gasteiger partial charge is 0.0599 e. The molecule has 0 aliphatic heterocycles.